The number of benzene rings is 1. The van der Waals surface area contributed by atoms with Gasteiger partial charge in [-0.3, -0.25) is 4.68 Å². The van der Waals surface area contributed by atoms with Gasteiger partial charge in [0.05, 0.1) is 24.8 Å². The van der Waals surface area contributed by atoms with E-state index in [-0.39, 0.29) is 6.04 Å². The van der Waals surface area contributed by atoms with Crippen molar-refractivity contribution in [1.29, 1.82) is 0 Å². The molecule has 4 nitrogen and oxygen atoms in total. The molecule has 5 heteroatoms. The molecule has 2 atom stereocenters. The maximum atomic E-state index is 6.28. The number of fused-ring (bicyclic) bond motifs is 1. The van der Waals surface area contributed by atoms with Gasteiger partial charge in [0.15, 0.2) is 10.9 Å². The fourth-order valence-electron chi connectivity index (χ4n) is 3.70. The number of para-hydroxylation sites is 1. The standard InChI is InChI=1S/C16H19ClN2O2/c1-11-6-7-12(10-16(11)20-8-9-21-16)19-14-5-3-2-4-13(14)15(17)18-19/h2-5,11-12H,6-10H2,1H3/t11-,12-/m1/s1. The van der Waals surface area contributed by atoms with Crippen LogP contribution in [0, 0.1) is 5.92 Å². The van der Waals surface area contributed by atoms with Gasteiger partial charge in [-0.25, -0.2) is 0 Å². The number of halogens is 1. The van der Waals surface area contributed by atoms with Gasteiger partial charge >= 0.3 is 0 Å². The average Bonchev–Trinajstić information content (AvgIpc) is 3.09. The molecule has 1 spiro atoms. The number of rotatable bonds is 1. The van der Waals surface area contributed by atoms with E-state index in [4.69, 9.17) is 21.1 Å². The molecule has 0 radical (unpaired) electrons. The van der Waals surface area contributed by atoms with Crippen molar-refractivity contribution in [3.63, 3.8) is 0 Å². The second-order valence-corrected chi connectivity index (χ2v) is 6.46. The Morgan fingerprint density at radius 3 is 2.81 bits per heavy atom. The summed E-state index contributed by atoms with van der Waals surface area (Å²) in [5.41, 5.74) is 1.09. The molecule has 1 saturated carbocycles. The molecular formula is C16H19ClN2O2. The lowest BCUT2D eigenvalue weighted by Gasteiger charge is -2.41. The van der Waals surface area contributed by atoms with Crippen molar-refractivity contribution in [2.75, 3.05) is 13.2 Å². The number of ether oxygens (including phenoxy) is 2. The molecular weight excluding hydrogens is 288 g/mol. The van der Waals surface area contributed by atoms with Gasteiger partial charge in [0.2, 0.25) is 0 Å². The van der Waals surface area contributed by atoms with Crippen LogP contribution in [0.15, 0.2) is 24.3 Å². The van der Waals surface area contributed by atoms with Crippen LogP contribution >= 0.6 is 11.6 Å². The highest BCUT2D eigenvalue weighted by Gasteiger charge is 2.47. The maximum Gasteiger partial charge on any atom is 0.173 e. The second-order valence-electron chi connectivity index (χ2n) is 6.10. The summed E-state index contributed by atoms with van der Waals surface area (Å²) in [7, 11) is 0. The van der Waals surface area contributed by atoms with Gasteiger partial charge in [-0.1, -0.05) is 30.7 Å². The van der Waals surface area contributed by atoms with Crippen LogP contribution in [-0.2, 0) is 9.47 Å². The summed E-state index contributed by atoms with van der Waals surface area (Å²) in [5.74, 6) is -0.00355. The topological polar surface area (TPSA) is 36.3 Å². The van der Waals surface area contributed by atoms with Gasteiger partial charge in [0.1, 0.15) is 0 Å². The molecule has 0 N–H and O–H groups in total. The Balaban J connectivity index is 1.72. The van der Waals surface area contributed by atoms with Gasteiger partial charge in [0.25, 0.3) is 0 Å². The van der Waals surface area contributed by atoms with Crippen molar-refractivity contribution in [2.24, 2.45) is 5.92 Å². The quantitative estimate of drug-likeness (QED) is 0.804. The fraction of sp³-hybridized carbons (Fsp3) is 0.562. The molecule has 2 heterocycles. The van der Waals surface area contributed by atoms with E-state index in [1.807, 2.05) is 18.2 Å². The molecule has 112 valence electrons. The van der Waals surface area contributed by atoms with E-state index >= 15 is 0 Å². The van der Waals surface area contributed by atoms with Crippen LogP contribution in [0.3, 0.4) is 0 Å². The van der Waals surface area contributed by atoms with Crippen molar-refractivity contribution < 1.29 is 9.47 Å². The van der Waals surface area contributed by atoms with E-state index in [0.717, 1.165) is 30.2 Å². The highest BCUT2D eigenvalue weighted by molar-refractivity contribution is 6.34. The zero-order valence-electron chi connectivity index (χ0n) is 12.1. The lowest BCUT2D eigenvalue weighted by atomic mass is 9.81. The number of hydrogen-bond donors (Lipinski definition) is 0. The molecule has 4 rings (SSSR count). The number of aromatic nitrogens is 2. The zero-order valence-corrected chi connectivity index (χ0v) is 12.8. The van der Waals surface area contributed by atoms with Crippen molar-refractivity contribution in [1.82, 2.24) is 9.78 Å². The van der Waals surface area contributed by atoms with Crippen molar-refractivity contribution in [3.05, 3.63) is 29.4 Å². The molecule has 0 amide bonds. The minimum Gasteiger partial charge on any atom is -0.347 e. The Hall–Kier alpha value is -1.10. The molecule has 2 fully saturated rings. The largest absolute Gasteiger partial charge is 0.347 e. The molecule has 1 saturated heterocycles. The van der Waals surface area contributed by atoms with E-state index in [9.17, 15) is 0 Å². The molecule has 21 heavy (non-hydrogen) atoms. The molecule has 1 aliphatic carbocycles. The van der Waals surface area contributed by atoms with Crippen LogP contribution in [0.1, 0.15) is 32.2 Å². The molecule has 1 aromatic heterocycles. The first-order chi connectivity index (χ1) is 10.2. The lowest BCUT2D eigenvalue weighted by Crippen LogP contribution is -2.44. The monoisotopic (exact) mass is 306 g/mol. The van der Waals surface area contributed by atoms with E-state index in [1.54, 1.807) is 0 Å². The molecule has 0 unspecified atom stereocenters. The van der Waals surface area contributed by atoms with E-state index in [0.29, 0.717) is 24.3 Å². The van der Waals surface area contributed by atoms with Crippen LogP contribution in [0.2, 0.25) is 5.15 Å². The lowest BCUT2D eigenvalue weighted by molar-refractivity contribution is -0.216. The predicted molar refractivity (Wildman–Crippen MR) is 81.4 cm³/mol. The summed E-state index contributed by atoms with van der Waals surface area (Å²) in [6, 6.07) is 8.39. The van der Waals surface area contributed by atoms with E-state index < -0.39 is 5.79 Å². The average molecular weight is 307 g/mol. The Bertz CT molecular complexity index is 663. The molecule has 1 aliphatic heterocycles. The van der Waals surface area contributed by atoms with Crippen molar-refractivity contribution in [2.45, 2.75) is 38.0 Å². The van der Waals surface area contributed by atoms with Crippen LogP contribution in [-0.4, -0.2) is 28.8 Å². The Morgan fingerprint density at radius 1 is 1.24 bits per heavy atom. The van der Waals surface area contributed by atoms with Gasteiger partial charge < -0.3 is 9.47 Å². The first-order valence-electron chi connectivity index (χ1n) is 7.60. The molecule has 2 aromatic rings. The number of hydrogen-bond acceptors (Lipinski definition) is 3. The highest BCUT2D eigenvalue weighted by atomic mass is 35.5. The Kier molecular flexibility index (Phi) is 3.21. The third-order valence-corrected chi connectivity index (χ3v) is 5.17. The molecule has 0 bridgehead atoms. The van der Waals surface area contributed by atoms with Crippen molar-refractivity contribution in [3.8, 4) is 0 Å². The summed E-state index contributed by atoms with van der Waals surface area (Å²) in [5, 5.41) is 6.15. The third kappa shape index (κ3) is 2.08. The SMILES string of the molecule is C[C@@H]1CC[C@@H](n2nc(Cl)c3ccccc32)CC12OCCO2. The van der Waals surface area contributed by atoms with Crippen LogP contribution in [0.4, 0.5) is 0 Å². The summed E-state index contributed by atoms with van der Waals surface area (Å²) in [6.45, 7) is 3.60. The van der Waals surface area contributed by atoms with Gasteiger partial charge in [-0.05, 0) is 25.0 Å². The summed E-state index contributed by atoms with van der Waals surface area (Å²) >= 11 is 6.28. The summed E-state index contributed by atoms with van der Waals surface area (Å²) in [4.78, 5) is 0. The van der Waals surface area contributed by atoms with Gasteiger partial charge in [0, 0.05) is 17.7 Å². The first kappa shape index (κ1) is 13.6. The summed E-state index contributed by atoms with van der Waals surface area (Å²) < 4.78 is 14.0. The van der Waals surface area contributed by atoms with E-state index in [1.165, 1.54) is 0 Å². The predicted octanol–water partition coefficient (Wildman–Crippen LogP) is 3.79. The normalized spacial score (nSPS) is 28.5. The van der Waals surface area contributed by atoms with Crippen molar-refractivity contribution >= 4 is 22.5 Å². The molecule has 1 aromatic carbocycles. The Morgan fingerprint density at radius 2 is 2.00 bits per heavy atom. The molecule has 2 aliphatic rings. The minimum atomic E-state index is -0.428. The van der Waals surface area contributed by atoms with Gasteiger partial charge in [-0.2, -0.15) is 5.10 Å². The van der Waals surface area contributed by atoms with Gasteiger partial charge in [-0.15, -0.1) is 0 Å². The van der Waals surface area contributed by atoms with Crippen LogP contribution < -0.4 is 0 Å². The zero-order chi connectivity index (χ0) is 14.4. The fourth-order valence-corrected chi connectivity index (χ4v) is 3.95. The van der Waals surface area contributed by atoms with Crippen LogP contribution in [0.5, 0.6) is 0 Å². The van der Waals surface area contributed by atoms with Crippen LogP contribution in [0.25, 0.3) is 10.9 Å². The van der Waals surface area contributed by atoms with E-state index in [2.05, 4.69) is 22.8 Å². The summed E-state index contributed by atoms with van der Waals surface area (Å²) in [6.07, 6.45) is 3.00. The minimum absolute atomic E-state index is 0.275. The maximum absolute atomic E-state index is 6.28. The number of nitrogens with zero attached hydrogens (tertiary/aromatic N) is 2. The highest BCUT2D eigenvalue weighted by Crippen LogP contribution is 2.45. The Labute approximate surface area is 129 Å². The first-order valence-corrected chi connectivity index (χ1v) is 7.98. The smallest absolute Gasteiger partial charge is 0.173 e. The third-order valence-electron chi connectivity index (χ3n) is 4.89. The second kappa shape index (κ2) is 4.97.